The summed E-state index contributed by atoms with van der Waals surface area (Å²) < 4.78 is 25.6. The van der Waals surface area contributed by atoms with Crippen LogP contribution in [0.5, 0.6) is 0 Å². The number of amides is 1. The summed E-state index contributed by atoms with van der Waals surface area (Å²) >= 11 is 0. The van der Waals surface area contributed by atoms with Crippen molar-refractivity contribution in [3.63, 3.8) is 0 Å². The number of aromatic amines is 1. The molecule has 1 amide bonds. The molecule has 5 rings (SSSR count). The van der Waals surface area contributed by atoms with Gasteiger partial charge in [0.2, 0.25) is 18.1 Å². The van der Waals surface area contributed by atoms with Gasteiger partial charge in [-0.2, -0.15) is 0 Å². The highest BCUT2D eigenvalue weighted by Crippen LogP contribution is 2.36. The van der Waals surface area contributed by atoms with Crippen molar-refractivity contribution < 1.29 is 23.8 Å². The van der Waals surface area contributed by atoms with E-state index in [2.05, 4.69) is 20.3 Å². The number of aromatic nitrogens is 4. The smallest absolute Gasteiger partial charge is 0.233 e. The Balaban J connectivity index is 1.41. The molecule has 5 N–H and O–H groups in total. The Bertz CT molecular complexity index is 1240. The molecule has 196 valence electrons. The predicted octanol–water partition coefficient (Wildman–Crippen LogP) is 1.69. The first-order valence-corrected chi connectivity index (χ1v) is 12.2. The summed E-state index contributed by atoms with van der Waals surface area (Å²) in [7, 11) is 0. The number of hydrogen-bond acceptors (Lipinski definition) is 9. The van der Waals surface area contributed by atoms with Crippen LogP contribution in [-0.2, 0) is 14.3 Å². The van der Waals surface area contributed by atoms with Crippen molar-refractivity contribution in [3.05, 3.63) is 48.2 Å². The van der Waals surface area contributed by atoms with Gasteiger partial charge in [-0.25, -0.2) is 19.3 Å². The topological polar surface area (TPSA) is 152 Å². The van der Waals surface area contributed by atoms with Crippen molar-refractivity contribution in [1.29, 1.82) is 0 Å². The minimum atomic E-state index is -0.869. The quantitative estimate of drug-likeness (QED) is 0.371. The maximum absolute atomic E-state index is 13.6. The Morgan fingerprint density at radius 1 is 1.27 bits per heavy atom. The molecule has 0 saturated carbocycles. The average Bonchev–Trinajstić information content (AvgIpc) is 3.55. The van der Waals surface area contributed by atoms with E-state index in [1.165, 1.54) is 12.1 Å². The SMILES string of the molecule is CC1(C(=O)N2CCC(O)C2)COC(c2nc(-c3ccc(F)cc3)c(-c3ccnc(NCCN)n3)[nH]2)OC1. The lowest BCUT2D eigenvalue weighted by Gasteiger charge is -2.37. The van der Waals surface area contributed by atoms with Gasteiger partial charge < -0.3 is 35.5 Å². The maximum atomic E-state index is 13.6. The van der Waals surface area contributed by atoms with Crippen LogP contribution in [0.2, 0.25) is 0 Å². The number of carbonyl (C=O) groups is 1. The second kappa shape index (κ2) is 10.5. The van der Waals surface area contributed by atoms with Gasteiger partial charge in [-0.15, -0.1) is 0 Å². The number of likely N-dealkylation sites (tertiary alicyclic amines) is 1. The molecule has 1 unspecified atom stereocenters. The van der Waals surface area contributed by atoms with Gasteiger partial charge in [0.15, 0.2) is 5.82 Å². The van der Waals surface area contributed by atoms with E-state index in [0.717, 1.165) is 0 Å². The lowest BCUT2D eigenvalue weighted by Crippen LogP contribution is -2.49. The van der Waals surface area contributed by atoms with Crippen LogP contribution in [0.3, 0.4) is 0 Å². The second-order valence-electron chi connectivity index (χ2n) is 9.54. The third kappa shape index (κ3) is 5.32. The zero-order chi connectivity index (χ0) is 26.0. The van der Waals surface area contributed by atoms with E-state index in [0.29, 0.717) is 67.0 Å². The molecule has 2 aromatic heterocycles. The molecule has 3 aromatic rings. The number of anilines is 1. The van der Waals surface area contributed by atoms with Crippen LogP contribution in [0, 0.1) is 11.2 Å². The molecule has 2 saturated heterocycles. The van der Waals surface area contributed by atoms with Gasteiger partial charge in [-0.05, 0) is 43.7 Å². The highest BCUT2D eigenvalue weighted by atomic mass is 19.1. The van der Waals surface area contributed by atoms with Gasteiger partial charge in [-0.1, -0.05) is 0 Å². The summed E-state index contributed by atoms with van der Waals surface area (Å²) in [5.41, 5.74) is 7.08. The number of nitrogens with one attached hydrogen (secondary N) is 2. The van der Waals surface area contributed by atoms with Gasteiger partial charge in [-0.3, -0.25) is 4.79 Å². The second-order valence-corrected chi connectivity index (χ2v) is 9.54. The molecule has 1 atom stereocenters. The highest BCUT2D eigenvalue weighted by molar-refractivity contribution is 5.83. The van der Waals surface area contributed by atoms with Gasteiger partial charge in [0.05, 0.1) is 41.8 Å². The maximum Gasteiger partial charge on any atom is 0.233 e. The number of ether oxygens (including phenoxy) is 2. The molecule has 0 bridgehead atoms. The predicted molar refractivity (Wildman–Crippen MR) is 133 cm³/mol. The lowest BCUT2D eigenvalue weighted by atomic mass is 9.90. The number of benzene rings is 1. The van der Waals surface area contributed by atoms with Crippen LogP contribution in [0.1, 0.15) is 25.5 Å². The van der Waals surface area contributed by atoms with Gasteiger partial charge in [0.1, 0.15) is 5.82 Å². The van der Waals surface area contributed by atoms with Gasteiger partial charge in [0.25, 0.3) is 0 Å². The molecule has 2 aliphatic heterocycles. The minimum Gasteiger partial charge on any atom is -0.391 e. The monoisotopic (exact) mass is 511 g/mol. The number of β-amino-alcohol motifs (C(OH)–C–C–N with tert-alkyl or cyclic N) is 1. The summed E-state index contributed by atoms with van der Waals surface area (Å²) in [6.45, 7) is 3.84. The fourth-order valence-corrected chi connectivity index (χ4v) is 4.47. The fraction of sp³-hybridized carbons (Fsp3) is 0.440. The number of aliphatic hydroxyl groups excluding tert-OH is 1. The lowest BCUT2D eigenvalue weighted by molar-refractivity contribution is -0.234. The Morgan fingerprint density at radius 3 is 2.70 bits per heavy atom. The van der Waals surface area contributed by atoms with E-state index >= 15 is 0 Å². The molecule has 12 heteroatoms. The van der Waals surface area contributed by atoms with E-state index < -0.39 is 17.8 Å². The van der Waals surface area contributed by atoms with E-state index in [1.807, 2.05) is 0 Å². The molecule has 2 aliphatic rings. The molecule has 4 heterocycles. The number of imidazole rings is 1. The van der Waals surface area contributed by atoms with Crippen LogP contribution in [0.25, 0.3) is 22.6 Å². The number of nitrogens with two attached hydrogens (primary N) is 1. The molecule has 0 spiro atoms. The van der Waals surface area contributed by atoms with E-state index in [9.17, 15) is 14.3 Å². The third-order valence-corrected chi connectivity index (χ3v) is 6.48. The van der Waals surface area contributed by atoms with Crippen molar-refractivity contribution in [3.8, 4) is 22.6 Å². The molecule has 11 nitrogen and oxygen atoms in total. The van der Waals surface area contributed by atoms with Crippen molar-refractivity contribution >= 4 is 11.9 Å². The number of carbonyl (C=O) groups excluding carboxylic acids is 1. The Morgan fingerprint density at radius 2 is 2.03 bits per heavy atom. The molecule has 0 radical (unpaired) electrons. The van der Waals surface area contributed by atoms with E-state index in [1.54, 1.807) is 36.2 Å². The first-order valence-electron chi connectivity index (χ1n) is 12.2. The van der Waals surface area contributed by atoms with Crippen LogP contribution < -0.4 is 11.1 Å². The van der Waals surface area contributed by atoms with Gasteiger partial charge >= 0.3 is 0 Å². The number of rotatable bonds is 7. The zero-order valence-electron chi connectivity index (χ0n) is 20.5. The molecule has 0 aliphatic carbocycles. The highest BCUT2D eigenvalue weighted by Gasteiger charge is 2.44. The molecular formula is C25H30FN7O4. The van der Waals surface area contributed by atoms with Crippen LogP contribution in [0.4, 0.5) is 10.3 Å². The zero-order valence-corrected chi connectivity index (χ0v) is 20.5. The van der Waals surface area contributed by atoms with Crippen molar-refractivity contribution in [1.82, 2.24) is 24.8 Å². The van der Waals surface area contributed by atoms with Gasteiger partial charge in [0, 0.05) is 37.9 Å². The largest absolute Gasteiger partial charge is 0.391 e. The number of H-pyrrole nitrogens is 1. The molecular weight excluding hydrogens is 481 g/mol. The standard InChI is InChI=1S/C25H30FN7O4/c1-25(23(35)33-11-7-17(34)12-33)13-36-22(37-14-25)21-31-19(15-2-4-16(26)5-3-15)20(32-21)18-6-9-28-24(30-18)29-10-8-27/h2-6,9,17,22,34H,7-8,10-14,27H2,1H3,(H,31,32)(H,28,29,30). The summed E-state index contributed by atoms with van der Waals surface area (Å²) in [4.78, 5) is 31.5. The number of halogens is 1. The average molecular weight is 512 g/mol. The van der Waals surface area contributed by atoms with Crippen LogP contribution in [0.15, 0.2) is 36.5 Å². The first kappa shape index (κ1) is 25.2. The number of aliphatic hydroxyl groups is 1. The summed E-state index contributed by atoms with van der Waals surface area (Å²) in [6, 6.07) is 7.73. The third-order valence-electron chi connectivity index (χ3n) is 6.48. The number of hydrogen-bond donors (Lipinski definition) is 4. The normalized spacial score (nSPS) is 23.8. The van der Waals surface area contributed by atoms with Crippen LogP contribution in [-0.4, -0.2) is 81.3 Å². The van der Waals surface area contributed by atoms with Crippen molar-refractivity contribution in [2.24, 2.45) is 11.1 Å². The Kier molecular flexibility index (Phi) is 7.15. The summed E-state index contributed by atoms with van der Waals surface area (Å²) in [5.74, 6) is 0.351. The fourth-order valence-electron chi connectivity index (χ4n) is 4.47. The molecule has 37 heavy (non-hydrogen) atoms. The first-order chi connectivity index (χ1) is 17.9. The van der Waals surface area contributed by atoms with Crippen molar-refractivity contribution in [2.75, 3.05) is 44.7 Å². The molecule has 2 fully saturated rings. The van der Waals surface area contributed by atoms with E-state index in [4.69, 9.17) is 20.2 Å². The molecule has 1 aromatic carbocycles. The minimum absolute atomic E-state index is 0.104. The Labute approximate surface area is 213 Å². The number of nitrogens with zero attached hydrogens (tertiary/aromatic N) is 4. The summed E-state index contributed by atoms with van der Waals surface area (Å²) in [6.07, 6.45) is 0.857. The van der Waals surface area contributed by atoms with Crippen LogP contribution >= 0.6 is 0 Å². The van der Waals surface area contributed by atoms with Crippen molar-refractivity contribution in [2.45, 2.75) is 25.7 Å². The summed E-state index contributed by atoms with van der Waals surface area (Å²) in [5, 5.41) is 12.9. The van der Waals surface area contributed by atoms with E-state index in [-0.39, 0.29) is 24.9 Å². The Hall–Kier alpha value is -3.45.